The third-order valence-corrected chi connectivity index (χ3v) is 3.54. The van der Waals surface area contributed by atoms with Crippen molar-refractivity contribution in [2.45, 2.75) is 44.7 Å². The molecule has 0 spiro atoms. The first kappa shape index (κ1) is 8.42. The quantitative estimate of drug-likeness (QED) is 0.674. The molecular weight excluding hydrogens is 172 g/mol. The molecule has 14 heavy (non-hydrogen) atoms. The summed E-state index contributed by atoms with van der Waals surface area (Å²) in [5, 5.41) is 3.69. The van der Waals surface area contributed by atoms with E-state index < -0.39 is 0 Å². The summed E-state index contributed by atoms with van der Waals surface area (Å²) in [4.78, 5) is 4.41. The van der Waals surface area contributed by atoms with Gasteiger partial charge in [-0.3, -0.25) is 4.98 Å². The van der Waals surface area contributed by atoms with Crippen LogP contribution in [0.5, 0.6) is 0 Å². The van der Waals surface area contributed by atoms with E-state index >= 15 is 0 Å². The fourth-order valence-corrected chi connectivity index (χ4v) is 2.78. The molecule has 2 aliphatic heterocycles. The lowest BCUT2D eigenvalue weighted by molar-refractivity contribution is 0.542. The lowest BCUT2D eigenvalue weighted by atomic mass is 9.94. The Morgan fingerprint density at radius 3 is 3.21 bits per heavy atom. The minimum Gasteiger partial charge on any atom is -0.307 e. The first-order valence-electron chi connectivity index (χ1n) is 5.54. The number of pyridine rings is 1. The molecule has 3 rings (SSSR count). The van der Waals surface area contributed by atoms with Gasteiger partial charge in [-0.25, -0.2) is 0 Å². The largest absolute Gasteiger partial charge is 0.307 e. The minimum absolute atomic E-state index is 0.589. The van der Waals surface area contributed by atoms with Crippen LogP contribution in [0, 0.1) is 6.92 Å². The molecule has 2 unspecified atom stereocenters. The third kappa shape index (κ3) is 1.25. The summed E-state index contributed by atoms with van der Waals surface area (Å²) in [5.41, 5.74) is 4.13. The smallest absolute Gasteiger partial charge is 0.0375 e. The first-order chi connectivity index (χ1) is 6.83. The van der Waals surface area contributed by atoms with Crippen molar-refractivity contribution < 1.29 is 0 Å². The number of hydrogen-bond donors (Lipinski definition) is 1. The van der Waals surface area contributed by atoms with Gasteiger partial charge in [0.1, 0.15) is 0 Å². The number of rotatable bonds is 0. The lowest BCUT2D eigenvalue weighted by Crippen LogP contribution is -2.22. The maximum absolute atomic E-state index is 4.41. The fourth-order valence-electron chi connectivity index (χ4n) is 2.78. The average Bonchev–Trinajstić information content (AvgIpc) is 2.54. The van der Waals surface area contributed by atoms with Crippen molar-refractivity contribution in [3.05, 3.63) is 29.1 Å². The summed E-state index contributed by atoms with van der Waals surface area (Å²) in [6.07, 6.45) is 7.25. The molecule has 2 atom stereocenters. The summed E-state index contributed by atoms with van der Waals surface area (Å²) >= 11 is 0. The van der Waals surface area contributed by atoms with E-state index in [4.69, 9.17) is 0 Å². The van der Waals surface area contributed by atoms with E-state index in [1.807, 2.05) is 0 Å². The number of hydrogen-bond acceptors (Lipinski definition) is 2. The monoisotopic (exact) mass is 188 g/mol. The van der Waals surface area contributed by atoms with Gasteiger partial charge in [0, 0.05) is 24.0 Å². The molecule has 1 fully saturated rings. The molecule has 1 N–H and O–H groups in total. The van der Waals surface area contributed by atoms with Crippen molar-refractivity contribution in [1.29, 1.82) is 0 Å². The first-order valence-corrected chi connectivity index (χ1v) is 5.54. The van der Waals surface area contributed by atoms with Crippen LogP contribution in [0.2, 0.25) is 0 Å². The van der Waals surface area contributed by atoms with Crippen molar-refractivity contribution in [1.82, 2.24) is 10.3 Å². The van der Waals surface area contributed by atoms with E-state index in [2.05, 4.69) is 29.5 Å². The molecule has 2 aliphatic rings. The summed E-state index contributed by atoms with van der Waals surface area (Å²) in [7, 11) is 0. The summed E-state index contributed by atoms with van der Waals surface area (Å²) in [5.74, 6) is 0. The molecule has 2 nitrogen and oxygen atoms in total. The molecule has 74 valence electrons. The molecule has 0 aromatic carbocycles. The molecule has 0 aliphatic carbocycles. The summed E-state index contributed by atoms with van der Waals surface area (Å²) in [6.45, 7) is 2.08. The molecule has 0 radical (unpaired) electrons. The van der Waals surface area contributed by atoms with Crippen LogP contribution in [0.1, 0.15) is 42.1 Å². The van der Waals surface area contributed by atoms with E-state index in [9.17, 15) is 0 Å². The number of nitrogens with one attached hydrogen (secondary N) is 1. The SMILES string of the molecule is Cc1cc2c(cn1)C1CCC(CC2)N1. The van der Waals surface area contributed by atoms with E-state index in [1.54, 1.807) is 0 Å². The maximum Gasteiger partial charge on any atom is 0.0375 e. The van der Waals surface area contributed by atoms with Crippen molar-refractivity contribution in [2.75, 3.05) is 0 Å². The van der Waals surface area contributed by atoms with E-state index in [0.29, 0.717) is 6.04 Å². The van der Waals surface area contributed by atoms with Gasteiger partial charge in [0.05, 0.1) is 0 Å². The van der Waals surface area contributed by atoms with Crippen molar-refractivity contribution in [3.8, 4) is 0 Å². The van der Waals surface area contributed by atoms with Crippen LogP contribution in [0.15, 0.2) is 12.3 Å². The fraction of sp³-hybridized carbons (Fsp3) is 0.583. The second kappa shape index (κ2) is 3.06. The van der Waals surface area contributed by atoms with Crippen LogP contribution in [-0.2, 0) is 6.42 Å². The minimum atomic E-state index is 0.589. The Kier molecular flexibility index (Phi) is 1.84. The van der Waals surface area contributed by atoms with Gasteiger partial charge in [-0.15, -0.1) is 0 Å². The molecule has 0 saturated carbocycles. The Morgan fingerprint density at radius 2 is 2.29 bits per heavy atom. The second-order valence-electron chi connectivity index (χ2n) is 4.56. The van der Waals surface area contributed by atoms with Crippen molar-refractivity contribution in [2.24, 2.45) is 0 Å². The van der Waals surface area contributed by atoms with Crippen LogP contribution in [0.4, 0.5) is 0 Å². The lowest BCUT2D eigenvalue weighted by Gasteiger charge is -2.13. The Morgan fingerprint density at radius 1 is 1.36 bits per heavy atom. The van der Waals surface area contributed by atoms with Gasteiger partial charge in [0.2, 0.25) is 0 Å². The second-order valence-corrected chi connectivity index (χ2v) is 4.56. The molecule has 2 heteroatoms. The van der Waals surface area contributed by atoms with Gasteiger partial charge in [0.25, 0.3) is 0 Å². The predicted octanol–water partition coefficient (Wildman–Crippen LogP) is 2.13. The van der Waals surface area contributed by atoms with Crippen molar-refractivity contribution in [3.63, 3.8) is 0 Å². The Balaban J connectivity index is 2.07. The zero-order chi connectivity index (χ0) is 9.54. The molecule has 3 heterocycles. The molecule has 1 saturated heterocycles. The molecule has 1 aromatic rings. The van der Waals surface area contributed by atoms with Crippen LogP contribution in [-0.4, -0.2) is 11.0 Å². The number of nitrogens with zero attached hydrogens (tertiary/aromatic N) is 1. The molecule has 0 amide bonds. The summed E-state index contributed by atoms with van der Waals surface area (Å²) < 4.78 is 0. The van der Waals surface area contributed by atoms with Gasteiger partial charge < -0.3 is 5.32 Å². The van der Waals surface area contributed by atoms with Crippen LogP contribution >= 0.6 is 0 Å². The zero-order valence-corrected chi connectivity index (χ0v) is 8.59. The maximum atomic E-state index is 4.41. The topological polar surface area (TPSA) is 24.9 Å². The summed E-state index contributed by atoms with van der Waals surface area (Å²) in [6, 6.07) is 3.61. The highest BCUT2D eigenvalue weighted by Crippen LogP contribution is 2.34. The van der Waals surface area contributed by atoms with Gasteiger partial charge >= 0.3 is 0 Å². The number of fused-ring (bicyclic) bond motifs is 4. The van der Waals surface area contributed by atoms with Crippen molar-refractivity contribution >= 4 is 0 Å². The van der Waals surface area contributed by atoms with Crippen LogP contribution < -0.4 is 5.32 Å². The number of aromatic nitrogens is 1. The van der Waals surface area contributed by atoms with Gasteiger partial charge in [-0.05, 0) is 49.8 Å². The van der Waals surface area contributed by atoms with E-state index in [0.717, 1.165) is 11.7 Å². The Bertz CT molecular complexity index is 359. The standard InChI is InChI=1S/C12H16N2/c1-8-6-9-2-3-10-4-5-12(14-10)11(9)7-13-8/h6-7,10,12,14H,2-5H2,1H3. The molecule has 1 aromatic heterocycles. The average molecular weight is 188 g/mol. The highest BCUT2D eigenvalue weighted by atomic mass is 15.0. The zero-order valence-electron chi connectivity index (χ0n) is 8.59. The highest BCUT2D eigenvalue weighted by Gasteiger charge is 2.29. The third-order valence-electron chi connectivity index (χ3n) is 3.54. The van der Waals surface area contributed by atoms with Gasteiger partial charge in [-0.2, -0.15) is 0 Å². The molecule has 2 bridgehead atoms. The highest BCUT2D eigenvalue weighted by molar-refractivity contribution is 5.31. The Hall–Kier alpha value is -0.890. The normalized spacial score (nSPS) is 29.8. The van der Waals surface area contributed by atoms with Crippen LogP contribution in [0.3, 0.4) is 0 Å². The van der Waals surface area contributed by atoms with Crippen LogP contribution in [0.25, 0.3) is 0 Å². The Labute approximate surface area is 84.7 Å². The molecular formula is C12H16N2. The number of aryl methyl sites for hydroxylation is 2. The van der Waals surface area contributed by atoms with Gasteiger partial charge in [-0.1, -0.05) is 0 Å². The van der Waals surface area contributed by atoms with Gasteiger partial charge in [0.15, 0.2) is 0 Å². The predicted molar refractivity (Wildman–Crippen MR) is 56.2 cm³/mol. The van der Waals surface area contributed by atoms with E-state index in [1.165, 1.54) is 36.8 Å². The van der Waals surface area contributed by atoms with E-state index in [-0.39, 0.29) is 0 Å².